The van der Waals surface area contributed by atoms with Crippen LogP contribution in [0.15, 0.2) is 41.3 Å². The molecule has 0 spiro atoms. The first-order valence-corrected chi connectivity index (χ1v) is 10.7. The highest BCUT2D eigenvalue weighted by Crippen LogP contribution is 2.38. The standard InChI is InChI=1S/C21H20ClNO5S2/c1-3-26-17-10-13(11-18-20(24)23-21(29)30-18)9-16(22)19(17)28-8-7-27-15-6-4-5-14(12-15)25-2/h4-6,9-12H,3,7-8H2,1-2H3,(H,23,24,29)/b18-11-. The van der Waals surface area contributed by atoms with Crippen molar-refractivity contribution in [1.82, 2.24) is 5.32 Å². The molecule has 1 saturated heterocycles. The molecule has 0 aromatic heterocycles. The number of hydrogen-bond acceptors (Lipinski definition) is 7. The maximum Gasteiger partial charge on any atom is 0.263 e. The Hall–Kier alpha value is -2.42. The lowest BCUT2D eigenvalue weighted by atomic mass is 10.2. The Morgan fingerprint density at radius 1 is 1.13 bits per heavy atom. The number of carbonyl (C=O) groups excluding carboxylic acids is 1. The molecule has 0 bridgehead atoms. The van der Waals surface area contributed by atoms with Crippen LogP contribution in [-0.2, 0) is 4.79 Å². The van der Waals surface area contributed by atoms with Crippen molar-refractivity contribution >= 4 is 51.9 Å². The van der Waals surface area contributed by atoms with Gasteiger partial charge in [-0.3, -0.25) is 4.79 Å². The summed E-state index contributed by atoms with van der Waals surface area (Å²) in [6.45, 7) is 2.89. The number of amides is 1. The average molecular weight is 466 g/mol. The predicted octanol–water partition coefficient (Wildman–Crippen LogP) is 4.69. The van der Waals surface area contributed by atoms with Crippen LogP contribution in [0.4, 0.5) is 0 Å². The van der Waals surface area contributed by atoms with Gasteiger partial charge < -0.3 is 24.3 Å². The van der Waals surface area contributed by atoms with Crippen molar-refractivity contribution in [1.29, 1.82) is 0 Å². The van der Waals surface area contributed by atoms with Gasteiger partial charge in [0.1, 0.15) is 29.0 Å². The van der Waals surface area contributed by atoms with E-state index in [1.54, 1.807) is 31.4 Å². The molecular formula is C21H20ClNO5S2. The zero-order chi connectivity index (χ0) is 21.5. The van der Waals surface area contributed by atoms with E-state index in [9.17, 15) is 4.79 Å². The van der Waals surface area contributed by atoms with Crippen LogP contribution in [0.25, 0.3) is 6.08 Å². The summed E-state index contributed by atoms with van der Waals surface area (Å²) in [5, 5.41) is 2.96. The summed E-state index contributed by atoms with van der Waals surface area (Å²) >= 11 is 12.7. The number of methoxy groups -OCH3 is 1. The minimum Gasteiger partial charge on any atom is -0.497 e. The first-order chi connectivity index (χ1) is 14.5. The van der Waals surface area contributed by atoms with E-state index < -0.39 is 0 Å². The number of hydrogen-bond donors (Lipinski definition) is 1. The molecule has 0 aliphatic carbocycles. The van der Waals surface area contributed by atoms with Crippen LogP contribution < -0.4 is 24.3 Å². The van der Waals surface area contributed by atoms with Crippen LogP contribution in [0.5, 0.6) is 23.0 Å². The van der Waals surface area contributed by atoms with Gasteiger partial charge in [0.05, 0.1) is 23.6 Å². The van der Waals surface area contributed by atoms with E-state index in [-0.39, 0.29) is 12.5 Å². The van der Waals surface area contributed by atoms with Crippen LogP contribution in [-0.4, -0.2) is 37.2 Å². The highest BCUT2D eigenvalue weighted by atomic mass is 35.5. The van der Waals surface area contributed by atoms with E-state index in [0.29, 0.717) is 50.3 Å². The summed E-state index contributed by atoms with van der Waals surface area (Å²) in [6.07, 6.45) is 1.71. The molecular weight excluding hydrogens is 446 g/mol. The maximum absolute atomic E-state index is 11.9. The molecule has 0 atom stereocenters. The summed E-state index contributed by atoms with van der Waals surface area (Å²) in [6, 6.07) is 10.8. The van der Waals surface area contributed by atoms with Crippen molar-refractivity contribution in [3.8, 4) is 23.0 Å². The Bertz CT molecular complexity index is 980. The number of ether oxygens (including phenoxy) is 4. The van der Waals surface area contributed by atoms with Gasteiger partial charge in [0.15, 0.2) is 11.5 Å². The lowest BCUT2D eigenvalue weighted by molar-refractivity contribution is -0.115. The normalized spacial score (nSPS) is 14.6. The molecule has 158 valence electrons. The number of benzene rings is 2. The number of rotatable bonds is 9. The van der Waals surface area contributed by atoms with Gasteiger partial charge in [-0.25, -0.2) is 0 Å². The SMILES string of the molecule is CCOc1cc(/C=C2\SC(=S)NC2=O)cc(Cl)c1OCCOc1cccc(OC)c1. The van der Waals surface area contributed by atoms with E-state index in [4.69, 9.17) is 42.8 Å². The second kappa shape index (κ2) is 10.6. The fraction of sp³-hybridized carbons (Fsp3) is 0.238. The van der Waals surface area contributed by atoms with E-state index in [1.807, 2.05) is 25.1 Å². The zero-order valence-corrected chi connectivity index (χ0v) is 18.8. The molecule has 0 unspecified atom stereocenters. The van der Waals surface area contributed by atoms with Crippen LogP contribution in [0, 0.1) is 0 Å². The minimum atomic E-state index is -0.228. The highest BCUT2D eigenvalue weighted by Gasteiger charge is 2.22. The predicted molar refractivity (Wildman–Crippen MR) is 123 cm³/mol. The third kappa shape index (κ3) is 5.81. The molecule has 30 heavy (non-hydrogen) atoms. The summed E-state index contributed by atoms with van der Waals surface area (Å²) in [5.41, 5.74) is 0.714. The third-order valence-electron chi connectivity index (χ3n) is 3.91. The third-order valence-corrected chi connectivity index (χ3v) is 5.35. The molecule has 0 saturated carbocycles. The van der Waals surface area contributed by atoms with E-state index >= 15 is 0 Å². The first-order valence-electron chi connectivity index (χ1n) is 9.11. The Balaban J connectivity index is 1.68. The number of thiocarbonyl (C=S) groups is 1. The van der Waals surface area contributed by atoms with Gasteiger partial charge in [0, 0.05) is 6.07 Å². The van der Waals surface area contributed by atoms with Crippen molar-refractivity contribution in [3.05, 3.63) is 51.9 Å². The monoisotopic (exact) mass is 465 g/mol. The van der Waals surface area contributed by atoms with Crippen LogP contribution in [0.2, 0.25) is 5.02 Å². The molecule has 1 N–H and O–H groups in total. The quantitative estimate of drug-likeness (QED) is 0.327. The highest BCUT2D eigenvalue weighted by molar-refractivity contribution is 8.26. The largest absolute Gasteiger partial charge is 0.497 e. The van der Waals surface area contributed by atoms with Gasteiger partial charge in [-0.15, -0.1) is 0 Å². The molecule has 0 radical (unpaired) electrons. The molecule has 2 aromatic rings. The van der Waals surface area contributed by atoms with Gasteiger partial charge in [-0.2, -0.15) is 0 Å². The number of nitrogens with one attached hydrogen (secondary N) is 1. The Labute approximate surface area is 189 Å². The van der Waals surface area contributed by atoms with Crippen LogP contribution in [0.3, 0.4) is 0 Å². The molecule has 1 aliphatic rings. The molecule has 1 amide bonds. The first kappa shape index (κ1) is 22.3. The van der Waals surface area contributed by atoms with Gasteiger partial charge in [-0.05, 0) is 42.8 Å². The van der Waals surface area contributed by atoms with Gasteiger partial charge in [-0.1, -0.05) is 41.6 Å². The van der Waals surface area contributed by atoms with Gasteiger partial charge in [0.2, 0.25) is 0 Å². The second-order valence-corrected chi connectivity index (χ2v) is 8.12. The van der Waals surface area contributed by atoms with E-state index in [2.05, 4.69) is 5.32 Å². The minimum absolute atomic E-state index is 0.228. The van der Waals surface area contributed by atoms with Crippen molar-refractivity contribution in [2.45, 2.75) is 6.92 Å². The van der Waals surface area contributed by atoms with Crippen molar-refractivity contribution < 1.29 is 23.7 Å². The average Bonchev–Trinajstić information content (AvgIpc) is 3.03. The molecule has 1 fully saturated rings. The molecule has 6 nitrogen and oxygen atoms in total. The van der Waals surface area contributed by atoms with E-state index in [1.165, 1.54) is 11.8 Å². The molecule has 1 aliphatic heterocycles. The molecule has 2 aromatic carbocycles. The summed E-state index contributed by atoms with van der Waals surface area (Å²) in [4.78, 5) is 12.4. The summed E-state index contributed by atoms with van der Waals surface area (Å²) in [5.74, 6) is 2.09. The summed E-state index contributed by atoms with van der Waals surface area (Å²) < 4.78 is 22.8. The van der Waals surface area contributed by atoms with Crippen molar-refractivity contribution in [2.75, 3.05) is 26.9 Å². The van der Waals surface area contributed by atoms with E-state index in [0.717, 1.165) is 5.75 Å². The lowest BCUT2D eigenvalue weighted by Crippen LogP contribution is -2.17. The fourth-order valence-electron chi connectivity index (χ4n) is 2.64. The van der Waals surface area contributed by atoms with Crippen LogP contribution >= 0.6 is 35.6 Å². The van der Waals surface area contributed by atoms with Gasteiger partial charge in [0.25, 0.3) is 5.91 Å². The Morgan fingerprint density at radius 2 is 1.90 bits per heavy atom. The number of halogens is 1. The van der Waals surface area contributed by atoms with Gasteiger partial charge >= 0.3 is 0 Å². The topological polar surface area (TPSA) is 66.0 Å². The van der Waals surface area contributed by atoms with Crippen LogP contribution in [0.1, 0.15) is 12.5 Å². The van der Waals surface area contributed by atoms with Crippen molar-refractivity contribution in [2.24, 2.45) is 0 Å². The molecule has 3 rings (SSSR count). The lowest BCUT2D eigenvalue weighted by Gasteiger charge is -2.15. The molecule has 1 heterocycles. The molecule has 9 heteroatoms. The second-order valence-electron chi connectivity index (χ2n) is 5.99. The maximum atomic E-state index is 11.9. The fourth-order valence-corrected chi connectivity index (χ4v) is 3.96. The number of thioether (sulfide) groups is 1. The zero-order valence-electron chi connectivity index (χ0n) is 16.4. The van der Waals surface area contributed by atoms with Crippen molar-refractivity contribution in [3.63, 3.8) is 0 Å². The summed E-state index contributed by atoms with van der Waals surface area (Å²) in [7, 11) is 1.60. The Morgan fingerprint density at radius 3 is 2.60 bits per heavy atom. The smallest absolute Gasteiger partial charge is 0.263 e. The Kier molecular flexibility index (Phi) is 7.84. The number of carbonyl (C=O) groups is 1.